The van der Waals surface area contributed by atoms with Crippen LogP contribution in [0.1, 0.15) is 33.1 Å². The molecule has 2 heterocycles. The maximum absolute atomic E-state index is 12.1. The van der Waals surface area contributed by atoms with Crippen molar-refractivity contribution >= 4 is 29.3 Å². The first-order valence-electron chi connectivity index (χ1n) is 9.75. The molecule has 0 bridgehead atoms. The van der Waals surface area contributed by atoms with Gasteiger partial charge in [0.1, 0.15) is 29.3 Å². The van der Waals surface area contributed by atoms with Crippen molar-refractivity contribution in [2.24, 2.45) is 4.99 Å². The van der Waals surface area contributed by atoms with Crippen LogP contribution < -0.4 is 22.1 Å². The van der Waals surface area contributed by atoms with E-state index in [0.29, 0.717) is 16.9 Å². The van der Waals surface area contributed by atoms with Gasteiger partial charge < -0.3 is 21.5 Å². The number of aliphatic imine (C=N–C) groups is 1. The van der Waals surface area contributed by atoms with Crippen molar-refractivity contribution < 1.29 is 9.53 Å². The van der Waals surface area contributed by atoms with Crippen molar-refractivity contribution in [2.45, 2.75) is 6.04 Å². The third-order valence-electron chi connectivity index (χ3n) is 5.21. The molecular weight excluding hydrogens is 420 g/mol. The number of benzene rings is 2. The number of methoxy groups -OCH3 is 1. The SMILES string of the molecule is COC(=O)c1cccc(-c2ccccc2C2N=C(NC#N)Nc3nc(N)c(C#N)c(N)c32)c1. The van der Waals surface area contributed by atoms with E-state index in [1.807, 2.05) is 42.6 Å². The van der Waals surface area contributed by atoms with E-state index in [1.165, 1.54) is 7.11 Å². The minimum Gasteiger partial charge on any atom is -0.465 e. The molecule has 2 aromatic carbocycles. The van der Waals surface area contributed by atoms with E-state index in [0.717, 1.165) is 16.7 Å². The number of fused-ring (bicyclic) bond motifs is 1. The number of ether oxygens (including phenoxy) is 1. The third kappa shape index (κ3) is 3.73. The second-order valence-corrected chi connectivity index (χ2v) is 7.06. The zero-order valence-electron chi connectivity index (χ0n) is 17.5. The number of nitrogens with zero attached hydrogens (tertiary/aromatic N) is 4. The summed E-state index contributed by atoms with van der Waals surface area (Å²) in [6, 6.07) is 15.7. The number of anilines is 3. The summed E-state index contributed by atoms with van der Waals surface area (Å²) in [5.41, 5.74) is 15.6. The second kappa shape index (κ2) is 8.57. The zero-order valence-corrected chi connectivity index (χ0v) is 17.5. The minimum atomic E-state index is -0.713. The number of nitrogens with one attached hydrogen (secondary N) is 2. The third-order valence-corrected chi connectivity index (χ3v) is 5.21. The van der Waals surface area contributed by atoms with Crippen molar-refractivity contribution in [1.82, 2.24) is 10.3 Å². The van der Waals surface area contributed by atoms with Gasteiger partial charge in [-0.15, -0.1) is 0 Å². The molecule has 0 aliphatic carbocycles. The van der Waals surface area contributed by atoms with E-state index in [-0.39, 0.29) is 23.0 Å². The lowest BCUT2D eigenvalue weighted by Crippen LogP contribution is -2.32. The Hall–Kier alpha value is -5.09. The highest BCUT2D eigenvalue weighted by Crippen LogP contribution is 2.43. The van der Waals surface area contributed by atoms with Crippen molar-refractivity contribution in [3.63, 3.8) is 0 Å². The van der Waals surface area contributed by atoms with Gasteiger partial charge >= 0.3 is 5.97 Å². The first-order chi connectivity index (χ1) is 16.0. The highest BCUT2D eigenvalue weighted by Gasteiger charge is 2.31. The molecule has 3 aromatic rings. The zero-order chi connectivity index (χ0) is 23.5. The molecule has 4 rings (SSSR count). The molecule has 10 nitrogen and oxygen atoms in total. The number of rotatable bonds is 3. The van der Waals surface area contributed by atoms with Gasteiger partial charge in [-0.1, -0.05) is 36.4 Å². The number of carbonyl (C=O) groups excluding carboxylic acids is 1. The first-order valence-corrected chi connectivity index (χ1v) is 9.75. The number of guanidine groups is 1. The standard InChI is InChI=1S/C23H18N8O2/c1-33-22(32)13-6-4-5-12(9-13)14-7-2-3-8-15(14)19-17-18(26)16(10-24)20(27)30-21(17)31-23(29-19)28-11-25/h2-9,19H,1H3,(H6,26,27,28,29,30,31). The average molecular weight is 438 g/mol. The fraction of sp³-hybridized carbons (Fsp3) is 0.0870. The molecule has 1 aliphatic heterocycles. The summed E-state index contributed by atoms with van der Waals surface area (Å²) in [5.74, 6) is -0.0380. The number of nitriles is 2. The predicted octanol–water partition coefficient (Wildman–Crippen LogP) is 2.51. The van der Waals surface area contributed by atoms with Crippen molar-refractivity contribution in [1.29, 1.82) is 10.5 Å². The molecule has 1 aromatic heterocycles. The Kier molecular flexibility index (Phi) is 5.49. The van der Waals surface area contributed by atoms with E-state index in [2.05, 4.69) is 20.6 Å². The van der Waals surface area contributed by atoms with E-state index in [1.54, 1.807) is 18.2 Å². The minimum absolute atomic E-state index is 0.0303. The topological polar surface area (TPSA) is 175 Å². The molecule has 6 N–H and O–H groups in total. The number of nitrogens with two attached hydrogens (primary N) is 2. The number of hydrogen-bond donors (Lipinski definition) is 4. The van der Waals surface area contributed by atoms with Crippen LogP contribution in [0, 0.1) is 22.8 Å². The first kappa shape index (κ1) is 21.2. The van der Waals surface area contributed by atoms with Gasteiger partial charge in [0.2, 0.25) is 5.96 Å². The van der Waals surface area contributed by atoms with Gasteiger partial charge in [0, 0.05) is 5.56 Å². The van der Waals surface area contributed by atoms with Gasteiger partial charge in [0.05, 0.1) is 18.4 Å². The van der Waals surface area contributed by atoms with Gasteiger partial charge in [0.25, 0.3) is 0 Å². The summed E-state index contributed by atoms with van der Waals surface area (Å²) in [5, 5.41) is 24.0. The Labute approximate surface area is 189 Å². The quantitative estimate of drug-likeness (QED) is 0.272. The average Bonchev–Trinajstić information content (AvgIpc) is 2.83. The number of nitrogen functional groups attached to an aromatic ring is 2. The number of pyridine rings is 1. The number of esters is 1. The molecule has 33 heavy (non-hydrogen) atoms. The van der Waals surface area contributed by atoms with Crippen LogP contribution in [0.2, 0.25) is 0 Å². The normalized spacial score (nSPS) is 14.0. The van der Waals surface area contributed by atoms with E-state index < -0.39 is 12.0 Å². The smallest absolute Gasteiger partial charge is 0.337 e. The van der Waals surface area contributed by atoms with E-state index in [4.69, 9.17) is 21.5 Å². The molecule has 0 spiro atoms. The van der Waals surface area contributed by atoms with Crippen molar-refractivity contribution in [3.8, 4) is 23.4 Å². The molecule has 0 radical (unpaired) electrons. The highest BCUT2D eigenvalue weighted by molar-refractivity contribution is 5.99. The molecule has 1 atom stereocenters. The lowest BCUT2D eigenvalue weighted by atomic mass is 9.89. The molecule has 0 fully saturated rings. The van der Waals surface area contributed by atoms with Crippen LogP contribution in [0.5, 0.6) is 0 Å². The van der Waals surface area contributed by atoms with Crippen LogP contribution >= 0.6 is 0 Å². The van der Waals surface area contributed by atoms with Crippen LogP contribution in [-0.4, -0.2) is 24.0 Å². The van der Waals surface area contributed by atoms with Gasteiger partial charge in [-0.25, -0.2) is 14.8 Å². The van der Waals surface area contributed by atoms with E-state index >= 15 is 0 Å². The van der Waals surface area contributed by atoms with Gasteiger partial charge in [-0.2, -0.15) is 10.5 Å². The summed E-state index contributed by atoms with van der Waals surface area (Å²) in [6.07, 6.45) is 1.83. The lowest BCUT2D eigenvalue weighted by Gasteiger charge is -2.27. The lowest BCUT2D eigenvalue weighted by molar-refractivity contribution is 0.0601. The summed E-state index contributed by atoms with van der Waals surface area (Å²) in [6.45, 7) is 0. The summed E-state index contributed by atoms with van der Waals surface area (Å²) >= 11 is 0. The van der Waals surface area contributed by atoms with Gasteiger partial charge in [-0.05, 0) is 28.8 Å². The largest absolute Gasteiger partial charge is 0.465 e. The van der Waals surface area contributed by atoms with Gasteiger partial charge in [0.15, 0.2) is 6.19 Å². The summed E-state index contributed by atoms with van der Waals surface area (Å²) < 4.78 is 4.84. The summed E-state index contributed by atoms with van der Waals surface area (Å²) in [4.78, 5) is 20.9. The molecule has 1 aliphatic rings. The van der Waals surface area contributed by atoms with Crippen LogP contribution in [0.15, 0.2) is 53.5 Å². The Morgan fingerprint density at radius 1 is 1.18 bits per heavy atom. The molecule has 1 unspecified atom stereocenters. The monoisotopic (exact) mass is 438 g/mol. The molecule has 162 valence electrons. The number of carbonyl (C=O) groups is 1. The second-order valence-electron chi connectivity index (χ2n) is 7.06. The van der Waals surface area contributed by atoms with Gasteiger partial charge in [-0.3, -0.25) is 5.32 Å². The predicted molar refractivity (Wildman–Crippen MR) is 123 cm³/mol. The van der Waals surface area contributed by atoms with Crippen LogP contribution in [0.25, 0.3) is 11.1 Å². The molecular formula is C23H18N8O2. The fourth-order valence-corrected chi connectivity index (χ4v) is 3.74. The Bertz CT molecular complexity index is 1380. The van der Waals surface area contributed by atoms with E-state index in [9.17, 15) is 10.1 Å². The number of hydrogen-bond acceptors (Lipinski definition) is 10. The van der Waals surface area contributed by atoms with Crippen LogP contribution in [-0.2, 0) is 4.74 Å². The van der Waals surface area contributed by atoms with Crippen molar-refractivity contribution in [3.05, 3.63) is 70.8 Å². The van der Waals surface area contributed by atoms with Crippen molar-refractivity contribution in [2.75, 3.05) is 23.9 Å². The maximum atomic E-state index is 12.1. The molecule has 0 amide bonds. The molecule has 0 saturated heterocycles. The molecule has 0 saturated carbocycles. The Morgan fingerprint density at radius 3 is 2.70 bits per heavy atom. The Morgan fingerprint density at radius 2 is 1.97 bits per heavy atom. The Balaban J connectivity index is 1.95. The van der Waals surface area contributed by atoms with Crippen LogP contribution in [0.4, 0.5) is 17.3 Å². The molecule has 10 heteroatoms. The van der Waals surface area contributed by atoms with Crippen LogP contribution in [0.3, 0.4) is 0 Å². The maximum Gasteiger partial charge on any atom is 0.337 e. The highest BCUT2D eigenvalue weighted by atomic mass is 16.5. The fourth-order valence-electron chi connectivity index (χ4n) is 3.74. The number of aromatic nitrogens is 1. The summed E-state index contributed by atoms with van der Waals surface area (Å²) in [7, 11) is 1.32.